The van der Waals surface area contributed by atoms with Crippen LogP contribution in [0.1, 0.15) is 54.5 Å². The van der Waals surface area contributed by atoms with Gasteiger partial charge in [0.2, 0.25) is 0 Å². The molecule has 1 aromatic heterocycles. The molecule has 1 aromatic carbocycles. The number of carbonyl (C=O) groups excluding carboxylic acids is 1. The molecule has 3 heteroatoms. The van der Waals surface area contributed by atoms with E-state index in [1.807, 2.05) is 37.3 Å². The van der Waals surface area contributed by atoms with Gasteiger partial charge in [-0.3, -0.25) is 4.79 Å². The summed E-state index contributed by atoms with van der Waals surface area (Å²) in [4.78, 5) is 15.3. The fourth-order valence-electron chi connectivity index (χ4n) is 2.79. The van der Waals surface area contributed by atoms with Crippen LogP contribution in [-0.4, -0.2) is 15.9 Å². The van der Waals surface area contributed by atoms with E-state index in [0.717, 1.165) is 46.5 Å². The number of aromatic nitrogens is 1. The number of phenolic OH excluding ortho intramolecular Hbond substituents is 1. The van der Waals surface area contributed by atoms with E-state index in [1.165, 1.54) is 0 Å². The average Bonchev–Trinajstić information content (AvgIpc) is 2.99. The van der Waals surface area contributed by atoms with Gasteiger partial charge in [-0.25, -0.2) is 0 Å². The summed E-state index contributed by atoms with van der Waals surface area (Å²) in [5.74, 6) is 0.279. The number of hydrogen-bond acceptors (Lipinski definition) is 2. The highest BCUT2D eigenvalue weighted by Gasteiger charge is 2.13. The van der Waals surface area contributed by atoms with Gasteiger partial charge in [-0.15, -0.1) is 0 Å². The van der Waals surface area contributed by atoms with Crippen LogP contribution in [0.25, 0.3) is 11.1 Å². The van der Waals surface area contributed by atoms with Gasteiger partial charge in [0, 0.05) is 17.0 Å². The zero-order chi connectivity index (χ0) is 18.4. The van der Waals surface area contributed by atoms with Gasteiger partial charge in [0.1, 0.15) is 5.75 Å². The molecule has 0 saturated heterocycles. The lowest BCUT2D eigenvalue weighted by Crippen LogP contribution is -1.96. The number of carbonyl (C=O) groups is 1. The molecule has 2 aromatic rings. The van der Waals surface area contributed by atoms with E-state index >= 15 is 0 Å². The van der Waals surface area contributed by atoms with E-state index in [9.17, 15) is 9.90 Å². The number of nitrogens with one attached hydrogen (secondary N) is 1. The molecular weight excluding hydrogens is 310 g/mol. The molecule has 0 atom stereocenters. The van der Waals surface area contributed by atoms with Gasteiger partial charge in [-0.05, 0) is 61.3 Å². The van der Waals surface area contributed by atoms with E-state index in [2.05, 4.69) is 18.5 Å². The SMILES string of the molecule is C=C(/C=C(\C=C/C)c1cc(C(C)=O)c(CCC)[nH]1)c1cccc(O)c1. The Morgan fingerprint density at radius 1 is 1.32 bits per heavy atom. The van der Waals surface area contributed by atoms with Crippen molar-refractivity contribution in [2.45, 2.75) is 33.6 Å². The number of aromatic amines is 1. The predicted octanol–water partition coefficient (Wildman–Crippen LogP) is 5.55. The lowest BCUT2D eigenvalue weighted by Gasteiger charge is -2.05. The number of aryl methyl sites for hydroxylation is 1. The molecule has 0 radical (unpaired) electrons. The molecule has 0 aliphatic carbocycles. The summed E-state index contributed by atoms with van der Waals surface area (Å²) in [6, 6.07) is 8.93. The summed E-state index contributed by atoms with van der Waals surface area (Å²) in [7, 11) is 0. The fourth-order valence-corrected chi connectivity index (χ4v) is 2.79. The Bertz CT molecular complexity index is 837. The van der Waals surface area contributed by atoms with Crippen LogP contribution in [0, 0.1) is 0 Å². The number of allylic oxidation sites excluding steroid dienone is 5. The van der Waals surface area contributed by atoms with Gasteiger partial charge < -0.3 is 10.1 Å². The Morgan fingerprint density at radius 3 is 2.68 bits per heavy atom. The third-order valence-electron chi connectivity index (χ3n) is 3.98. The Morgan fingerprint density at radius 2 is 2.08 bits per heavy atom. The first kappa shape index (κ1) is 18.5. The van der Waals surface area contributed by atoms with Gasteiger partial charge in [-0.1, -0.05) is 44.2 Å². The lowest BCUT2D eigenvalue weighted by atomic mass is 10.0. The number of hydrogen-bond donors (Lipinski definition) is 2. The smallest absolute Gasteiger partial charge is 0.161 e. The maximum Gasteiger partial charge on any atom is 0.161 e. The minimum absolute atomic E-state index is 0.0672. The van der Waals surface area contributed by atoms with Gasteiger partial charge in [0.15, 0.2) is 5.78 Å². The first-order valence-corrected chi connectivity index (χ1v) is 8.52. The van der Waals surface area contributed by atoms with Crippen molar-refractivity contribution in [3.63, 3.8) is 0 Å². The van der Waals surface area contributed by atoms with Crippen molar-refractivity contribution < 1.29 is 9.90 Å². The summed E-state index contributed by atoms with van der Waals surface area (Å²) in [5, 5.41) is 9.66. The number of ketones is 1. The standard InChI is InChI=1S/C22H25NO2/c1-5-8-18(12-15(3)17-10-7-11-19(25)13-17)22-14-20(16(4)24)21(23-22)9-6-2/h5,7-8,10-14,23,25H,3,6,9H2,1-2,4H3/b8-5-,18-12+. The van der Waals surface area contributed by atoms with Crippen LogP contribution in [0.15, 0.2) is 55.1 Å². The maximum atomic E-state index is 11.9. The summed E-state index contributed by atoms with van der Waals surface area (Å²) >= 11 is 0. The first-order valence-electron chi connectivity index (χ1n) is 8.52. The Hall–Kier alpha value is -2.81. The molecule has 0 aliphatic heterocycles. The highest BCUT2D eigenvalue weighted by atomic mass is 16.3. The summed E-state index contributed by atoms with van der Waals surface area (Å²) in [6.07, 6.45) is 7.71. The predicted molar refractivity (Wildman–Crippen MR) is 105 cm³/mol. The molecule has 0 saturated carbocycles. The highest BCUT2D eigenvalue weighted by molar-refractivity contribution is 5.97. The number of phenols is 1. The van der Waals surface area contributed by atoms with Gasteiger partial charge in [-0.2, -0.15) is 0 Å². The third-order valence-corrected chi connectivity index (χ3v) is 3.98. The van der Waals surface area contributed by atoms with Crippen LogP contribution >= 0.6 is 0 Å². The van der Waals surface area contributed by atoms with Crippen LogP contribution < -0.4 is 0 Å². The van der Waals surface area contributed by atoms with Crippen molar-refractivity contribution in [1.82, 2.24) is 4.98 Å². The number of Topliss-reactive ketones (excluding diaryl/α,β-unsaturated/α-hetero) is 1. The number of rotatable bonds is 7. The normalized spacial score (nSPS) is 11.9. The van der Waals surface area contributed by atoms with E-state index in [0.29, 0.717) is 0 Å². The quantitative estimate of drug-likeness (QED) is 0.515. The molecule has 3 nitrogen and oxygen atoms in total. The molecule has 0 aliphatic rings. The van der Waals surface area contributed by atoms with E-state index < -0.39 is 0 Å². The summed E-state index contributed by atoms with van der Waals surface area (Å²) in [5.41, 5.74) is 5.21. The molecule has 25 heavy (non-hydrogen) atoms. The van der Waals surface area contributed by atoms with Crippen molar-refractivity contribution in [3.05, 3.63) is 77.7 Å². The maximum absolute atomic E-state index is 11.9. The molecule has 0 fully saturated rings. The molecular formula is C22H25NO2. The van der Waals surface area contributed by atoms with Crippen LogP contribution in [0.5, 0.6) is 5.75 Å². The van der Waals surface area contributed by atoms with Crippen molar-refractivity contribution in [1.29, 1.82) is 0 Å². The molecule has 0 bridgehead atoms. The summed E-state index contributed by atoms with van der Waals surface area (Å²) < 4.78 is 0. The van der Waals surface area contributed by atoms with Crippen molar-refractivity contribution in [2.24, 2.45) is 0 Å². The second-order valence-corrected chi connectivity index (χ2v) is 6.06. The second-order valence-electron chi connectivity index (χ2n) is 6.06. The Balaban J connectivity index is 2.45. The highest BCUT2D eigenvalue weighted by Crippen LogP contribution is 2.26. The van der Waals surface area contributed by atoms with E-state index in [4.69, 9.17) is 0 Å². The van der Waals surface area contributed by atoms with Crippen LogP contribution in [0.3, 0.4) is 0 Å². The molecule has 0 unspecified atom stereocenters. The van der Waals surface area contributed by atoms with E-state index in [-0.39, 0.29) is 11.5 Å². The average molecular weight is 335 g/mol. The van der Waals surface area contributed by atoms with Gasteiger partial charge in [0.05, 0.1) is 0 Å². The minimum atomic E-state index is 0.0672. The molecule has 2 N–H and O–H groups in total. The monoisotopic (exact) mass is 335 g/mol. The molecule has 1 heterocycles. The van der Waals surface area contributed by atoms with Crippen molar-refractivity contribution in [2.75, 3.05) is 0 Å². The van der Waals surface area contributed by atoms with Crippen molar-refractivity contribution >= 4 is 16.9 Å². The van der Waals surface area contributed by atoms with Gasteiger partial charge >= 0.3 is 0 Å². The van der Waals surface area contributed by atoms with Crippen molar-refractivity contribution in [3.8, 4) is 5.75 Å². The largest absolute Gasteiger partial charge is 0.508 e. The number of aromatic hydroxyl groups is 1. The minimum Gasteiger partial charge on any atom is -0.508 e. The summed E-state index contributed by atoms with van der Waals surface area (Å²) in [6.45, 7) is 9.75. The van der Waals surface area contributed by atoms with Crippen LogP contribution in [0.4, 0.5) is 0 Å². The van der Waals surface area contributed by atoms with Crippen LogP contribution in [0.2, 0.25) is 0 Å². The first-order chi connectivity index (χ1) is 12.0. The van der Waals surface area contributed by atoms with E-state index in [1.54, 1.807) is 25.1 Å². The number of H-pyrrole nitrogens is 1. The number of benzene rings is 1. The fraction of sp³-hybridized carbons (Fsp3) is 0.227. The third kappa shape index (κ3) is 4.60. The molecule has 0 spiro atoms. The van der Waals surface area contributed by atoms with Gasteiger partial charge in [0.25, 0.3) is 0 Å². The zero-order valence-corrected chi connectivity index (χ0v) is 15.1. The lowest BCUT2D eigenvalue weighted by molar-refractivity contribution is 0.101. The molecule has 2 rings (SSSR count). The molecule has 130 valence electrons. The Labute approximate surface area is 149 Å². The Kier molecular flexibility index (Phi) is 6.18. The topological polar surface area (TPSA) is 53.1 Å². The second kappa shape index (κ2) is 8.34. The zero-order valence-electron chi connectivity index (χ0n) is 15.1. The van der Waals surface area contributed by atoms with Crippen LogP contribution in [-0.2, 0) is 6.42 Å². The molecule has 0 amide bonds.